The minimum Gasteiger partial charge on any atom is -0.469 e. The molecule has 0 bridgehead atoms. The van der Waals surface area contributed by atoms with Gasteiger partial charge in [-0.2, -0.15) is 0 Å². The van der Waals surface area contributed by atoms with Gasteiger partial charge in [0.25, 0.3) is 5.24 Å². The summed E-state index contributed by atoms with van der Waals surface area (Å²) in [6.45, 7) is 0. The third kappa shape index (κ3) is 4.03. The lowest BCUT2D eigenvalue weighted by atomic mass is 10.1. The van der Waals surface area contributed by atoms with Crippen LogP contribution in [-0.4, -0.2) is 37.3 Å². The number of ether oxygens (including phenoxy) is 1. The molecule has 6 heteroatoms. The summed E-state index contributed by atoms with van der Waals surface area (Å²) in [7, 11) is 4.47. The summed E-state index contributed by atoms with van der Waals surface area (Å²) in [5, 5.41) is -0.274. The molecule has 0 heterocycles. The fourth-order valence-corrected chi connectivity index (χ4v) is 1.91. The average Bonchev–Trinajstić information content (AvgIpc) is 2.33. The molecule has 0 aliphatic heterocycles. The van der Waals surface area contributed by atoms with Gasteiger partial charge in [-0.3, -0.25) is 9.59 Å². The number of carbonyl (C=O) groups excluding carboxylic acids is 2. The fourth-order valence-electron chi connectivity index (χ4n) is 1.16. The van der Waals surface area contributed by atoms with Crippen molar-refractivity contribution in [2.45, 2.75) is 11.3 Å². The first-order valence-corrected chi connectivity index (χ1v) is 6.00. The Labute approximate surface area is 109 Å². The molecule has 0 saturated heterocycles. The van der Waals surface area contributed by atoms with E-state index in [-0.39, 0.29) is 16.6 Å². The third-order valence-corrected chi connectivity index (χ3v) is 3.21. The van der Waals surface area contributed by atoms with Gasteiger partial charge in [0.2, 0.25) is 0 Å². The summed E-state index contributed by atoms with van der Waals surface area (Å²) >= 11 is 0.787. The Balaban J connectivity index is 2.87. The quantitative estimate of drug-likeness (QED) is 0.625. The molecule has 18 heavy (non-hydrogen) atoms. The molecule has 0 atom stereocenters. The van der Waals surface area contributed by atoms with Crippen molar-refractivity contribution in [3.05, 3.63) is 29.6 Å². The number of methoxy groups -OCH3 is 1. The zero-order valence-corrected chi connectivity index (χ0v) is 11.2. The van der Waals surface area contributed by atoms with E-state index in [1.165, 1.54) is 30.2 Å². The van der Waals surface area contributed by atoms with Crippen LogP contribution >= 0.6 is 11.8 Å². The molecule has 0 fully saturated rings. The van der Waals surface area contributed by atoms with Crippen LogP contribution in [0.5, 0.6) is 0 Å². The highest BCUT2D eigenvalue weighted by Crippen LogP contribution is 2.25. The highest BCUT2D eigenvalue weighted by molar-refractivity contribution is 8.13. The fraction of sp³-hybridized carbons (Fsp3) is 0.333. The number of hydrogen-bond acceptors (Lipinski definition) is 4. The number of halogens is 1. The van der Waals surface area contributed by atoms with Gasteiger partial charge in [-0.05, 0) is 29.5 Å². The van der Waals surface area contributed by atoms with Gasteiger partial charge >= 0.3 is 5.97 Å². The first kappa shape index (κ1) is 14.5. The van der Waals surface area contributed by atoms with Crippen LogP contribution in [0.15, 0.2) is 23.1 Å². The molecule has 1 amide bonds. The largest absolute Gasteiger partial charge is 0.469 e. The average molecular weight is 271 g/mol. The number of benzene rings is 1. The van der Waals surface area contributed by atoms with Crippen molar-refractivity contribution in [2.24, 2.45) is 0 Å². The number of thioether (sulfide) groups is 1. The van der Waals surface area contributed by atoms with Crippen LogP contribution in [0.3, 0.4) is 0 Å². The summed E-state index contributed by atoms with van der Waals surface area (Å²) in [4.78, 5) is 24.2. The normalized spacial score (nSPS) is 10.0. The van der Waals surface area contributed by atoms with E-state index in [0.29, 0.717) is 5.56 Å². The number of nitrogens with zero attached hydrogens (tertiary/aromatic N) is 1. The van der Waals surface area contributed by atoms with Crippen LogP contribution in [0.25, 0.3) is 0 Å². The van der Waals surface area contributed by atoms with Crippen LogP contribution in [-0.2, 0) is 16.0 Å². The van der Waals surface area contributed by atoms with E-state index in [0.717, 1.165) is 11.8 Å². The first-order chi connectivity index (χ1) is 8.43. The second kappa shape index (κ2) is 6.39. The van der Waals surface area contributed by atoms with E-state index < -0.39 is 11.8 Å². The van der Waals surface area contributed by atoms with Gasteiger partial charge in [0.1, 0.15) is 5.82 Å². The van der Waals surface area contributed by atoms with E-state index in [4.69, 9.17) is 0 Å². The highest BCUT2D eigenvalue weighted by Gasteiger charge is 2.13. The van der Waals surface area contributed by atoms with Gasteiger partial charge in [-0.15, -0.1) is 0 Å². The van der Waals surface area contributed by atoms with Gasteiger partial charge in [0.05, 0.1) is 18.4 Å². The molecule has 0 aromatic heterocycles. The van der Waals surface area contributed by atoms with Crippen molar-refractivity contribution in [3.63, 3.8) is 0 Å². The Kier molecular flexibility index (Phi) is 5.15. The molecule has 1 aromatic rings. The van der Waals surface area contributed by atoms with Crippen molar-refractivity contribution in [1.82, 2.24) is 4.90 Å². The second-order valence-corrected chi connectivity index (χ2v) is 4.77. The van der Waals surface area contributed by atoms with E-state index in [1.807, 2.05) is 0 Å². The van der Waals surface area contributed by atoms with E-state index in [1.54, 1.807) is 14.1 Å². The minimum atomic E-state index is -0.483. The number of esters is 1. The predicted molar refractivity (Wildman–Crippen MR) is 67.1 cm³/mol. The maximum atomic E-state index is 13.5. The lowest BCUT2D eigenvalue weighted by Gasteiger charge is -2.10. The molecule has 98 valence electrons. The molecule has 0 aliphatic rings. The van der Waals surface area contributed by atoms with Crippen molar-refractivity contribution in [2.75, 3.05) is 21.2 Å². The van der Waals surface area contributed by atoms with Crippen molar-refractivity contribution in [3.8, 4) is 0 Å². The maximum Gasteiger partial charge on any atom is 0.309 e. The zero-order chi connectivity index (χ0) is 13.7. The first-order valence-electron chi connectivity index (χ1n) is 5.18. The molecule has 0 spiro atoms. The Morgan fingerprint density at radius 2 is 2.06 bits per heavy atom. The standard InChI is InChI=1S/C12H14FNO3S/c1-14(2)12(16)18-10-6-8(4-5-9(10)13)7-11(15)17-3/h4-6H,7H2,1-3H3. The topological polar surface area (TPSA) is 46.6 Å². The summed E-state index contributed by atoms with van der Waals surface area (Å²) in [6.07, 6.45) is 0.0560. The van der Waals surface area contributed by atoms with Crippen molar-refractivity contribution >= 4 is 23.0 Å². The molecule has 0 radical (unpaired) electrons. The van der Waals surface area contributed by atoms with Crippen LogP contribution in [0.4, 0.5) is 9.18 Å². The molecular formula is C12H14FNO3S. The molecule has 1 rings (SSSR count). The van der Waals surface area contributed by atoms with Gasteiger partial charge in [0, 0.05) is 14.1 Å². The van der Waals surface area contributed by atoms with Gasteiger partial charge in [-0.25, -0.2) is 4.39 Å². The van der Waals surface area contributed by atoms with Crippen molar-refractivity contribution in [1.29, 1.82) is 0 Å². The maximum absolute atomic E-state index is 13.5. The molecule has 0 N–H and O–H groups in total. The Morgan fingerprint density at radius 1 is 1.39 bits per heavy atom. The highest BCUT2D eigenvalue weighted by atomic mass is 32.2. The second-order valence-electron chi connectivity index (χ2n) is 3.78. The van der Waals surface area contributed by atoms with Crippen LogP contribution in [0, 0.1) is 5.82 Å². The summed E-state index contributed by atoms with van der Waals surface area (Å²) in [5.74, 6) is -0.889. The van der Waals surface area contributed by atoms with E-state index in [2.05, 4.69) is 4.74 Å². The summed E-state index contributed by atoms with van der Waals surface area (Å²) in [6, 6.07) is 4.22. The van der Waals surface area contributed by atoms with Gasteiger partial charge in [0.15, 0.2) is 0 Å². The van der Waals surface area contributed by atoms with Crippen molar-refractivity contribution < 1.29 is 18.7 Å². The smallest absolute Gasteiger partial charge is 0.309 e. The Morgan fingerprint density at radius 3 is 2.61 bits per heavy atom. The lowest BCUT2D eigenvalue weighted by Crippen LogP contribution is -2.16. The summed E-state index contributed by atoms with van der Waals surface area (Å²) < 4.78 is 18.0. The Hall–Kier alpha value is -1.56. The molecule has 1 aromatic carbocycles. The molecule has 0 aliphatic carbocycles. The van der Waals surface area contributed by atoms with Gasteiger partial charge < -0.3 is 9.64 Å². The zero-order valence-electron chi connectivity index (χ0n) is 10.4. The minimum absolute atomic E-state index is 0.0560. The number of hydrogen-bond donors (Lipinski definition) is 0. The van der Waals surface area contributed by atoms with E-state index >= 15 is 0 Å². The molecule has 4 nitrogen and oxygen atoms in total. The van der Waals surface area contributed by atoms with Crippen LogP contribution < -0.4 is 0 Å². The molecule has 0 saturated carbocycles. The number of amides is 1. The van der Waals surface area contributed by atoms with Gasteiger partial charge in [-0.1, -0.05) is 6.07 Å². The molecule has 0 unspecified atom stereocenters. The van der Waals surface area contributed by atoms with Crippen LogP contribution in [0.2, 0.25) is 0 Å². The number of carbonyl (C=O) groups is 2. The Bertz CT molecular complexity index is 463. The third-order valence-electron chi connectivity index (χ3n) is 2.13. The van der Waals surface area contributed by atoms with Crippen LogP contribution in [0.1, 0.15) is 5.56 Å². The SMILES string of the molecule is COC(=O)Cc1ccc(F)c(SC(=O)N(C)C)c1. The van der Waals surface area contributed by atoms with E-state index in [9.17, 15) is 14.0 Å². The lowest BCUT2D eigenvalue weighted by molar-refractivity contribution is -0.139. The summed E-state index contributed by atoms with van der Waals surface area (Å²) in [5.41, 5.74) is 0.609. The number of rotatable bonds is 3. The molecular weight excluding hydrogens is 257 g/mol. The monoisotopic (exact) mass is 271 g/mol. The predicted octanol–water partition coefficient (Wildman–Crippen LogP) is 2.31.